The molecule has 108 valence electrons. The van der Waals surface area contributed by atoms with Crippen LogP contribution in [-0.2, 0) is 6.54 Å². The Bertz CT molecular complexity index is 617. The monoisotopic (exact) mass is 310 g/mol. The van der Waals surface area contributed by atoms with Gasteiger partial charge in [-0.25, -0.2) is 0 Å². The minimum absolute atomic E-state index is 0.0252. The van der Waals surface area contributed by atoms with Gasteiger partial charge in [-0.15, -0.1) is 11.6 Å². The summed E-state index contributed by atoms with van der Waals surface area (Å²) in [5.41, 5.74) is 5.53. The molecule has 0 fully saturated rings. The van der Waals surface area contributed by atoms with Gasteiger partial charge in [0.25, 0.3) is 0 Å². The van der Waals surface area contributed by atoms with E-state index in [0.29, 0.717) is 6.54 Å². The summed E-state index contributed by atoms with van der Waals surface area (Å²) in [6.07, 6.45) is 0.903. The quantitative estimate of drug-likeness (QED) is 0.710. The Hall–Kier alpha value is -0.990. The Balaban J connectivity index is 2.35. The molecule has 0 radical (unpaired) electrons. The number of alkyl halides is 1. The zero-order chi connectivity index (χ0) is 14.9. The van der Waals surface area contributed by atoms with Crippen LogP contribution in [0, 0.1) is 20.8 Å². The van der Waals surface area contributed by atoms with Crippen molar-refractivity contribution in [3.63, 3.8) is 0 Å². The van der Waals surface area contributed by atoms with Crippen LogP contribution in [0.3, 0.4) is 0 Å². The molecular formula is C16H20Cl2N2. The molecule has 0 bridgehead atoms. The number of rotatable bonds is 4. The van der Waals surface area contributed by atoms with Gasteiger partial charge in [0.2, 0.25) is 0 Å². The third kappa shape index (κ3) is 3.02. The van der Waals surface area contributed by atoms with Crippen molar-refractivity contribution in [1.82, 2.24) is 9.78 Å². The first-order valence-corrected chi connectivity index (χ1v) is 7.68. The topological polar surface area (TPSA) is 17.8 Å². The van der Waals surface area contributed by atoms with Crippen LogP contribution >= 0.6 is 23.2 Å². The summed E-state index contributed by atoms with van der Waals surface area (Å²) in [6.45, 7) is 8.89. The molecule has 2 rings (SSSR count). The molecule has 1 aromatic heterocycles. The Kier molecular flexibility index (Phi) is 4.77. The van der Waals surface area contributed by atoms with Crippen molar-refractivity contribution < 1.29 is 0 Å². The van der Waals surface area contributed by atoms with Gasteiger partial charge in [0.05, 0.1) is 17.6 Å². The lowest BCUT2D eigenvalue weighted by atomic mass is 10.1. The van der Waals surface area contributed by atoms with Crippen LogP contribution < -0.4 is 0 Å². The van der Waals surface area contributed by atoms with Gasteiger partial charge in [0, 0.05) is 16.3 Å². The van der Waals surface area contributed by atoms with E-state index in [1.807, 2.05) is 24.6 Å². The summed E-state index contributed by atoms with van der Waals surface area (Å²) in [5.74, 6) is 0. The molecule has 20 heavy (non-hydrogen) atoms. The first-order valence-electron chi connectivity index (χ1n) is 6.87. The average molecular weight is 311 g/mol. The van der Waals surface area contributed by atoms with E-state index in [0.717, 1.165) is 34.0 Å². The van der Waals surface area contributed by atoms with E-state index >= 15 is 0 Å². The van der Waals surface area contributed by atoms with Crippen LogP contribution in [0.4, 0.5) is 0 Å². The third-order valence-electron chi connectivity index (χ3n) is 3.64. The zero-order valence-corrected chi connectivity index (χ0v) is 13.9. The maximum atomic E-state index is 6.39. The molecule has 0 aliphatic heterocycles. The molecule has 0 aliphatic carbocycles. The number of benzene rings is 1. The minimum Gasteiger partial charge on any atom is -0.265 e. The van der Waals surface area contributed by atoms with Crippen molar-refractivity contribution in [2.45, 2.75) is 46.0 Å². The van der Waals surface area contributed by atoms with Crippen molar-refractivity contribution in [2.24, 2.45) is 0 Å². The summed E-state index contributed by atoms with van der Waals surface area (Å²) >= 11 is 12.7. The Morgan fingerprint density at radius 3 is 2.55 bits per heavy atom. The molecule has 0 spiro atoms. The molecule has 2 nitrogen and oxygen atoms in total. The Labute approximate surface area is 130 Å². The van der Waals surface area contributed by atoms with Crippen LogP contribution in [0.2, 0.25) is 5.02 Å². The summed E-state index contributed by atoms with van der Waals surface area (Å²) in [5, 5.41) is 5.43. The van der Waals surface area contributed by atoms with Crippen LogP contribution in [0.15, 0.2) is 18.2 Å². The maximum Gasteiger partial charge on any atom is 0.0677 e. The summed E-state index contributed by atoms with van der Waals surface area (Å²) in [7, 11) is 0. The molecular weight excluding hydrogens is 291 g/mol. The van der Waals surface area contributed by atoms with Gasteiger partial charge in [0.15, 0.2) is 0 Å². The van der Waals surface area contributed by atoms with Crippen molar-refractivity contribution in [1.29, 1.82) is 0 Å². The Morgan fingerprint density at radius 2 is 1.95 bits per heavy atom. The molecule has 1 aromatic carbocycles. The van der Waals surface area contributed by atoms with Crippen molar-refractivity contribution in [2.75, 3.05) is 0 Å². The molecule has 0 amide bonds. The van der Waals surface area contributed by atoms with E-state index in [9.17, 15) is 0 Å². The lowest BCUT2D eigenvalue weighted by Gasteiger charge is -2.10. The predicted octanol–water partition coefficient (Wildman–Crippen LogP) is 5.20. The van der Waals surface area contributed by atoms with Crippen LogP contribution in [0.5, 0.6) is 0 Å². The Morgan fingerprint density at radius 1 is 1.25 bits per heavy atom. The number of hydrogen-bond donors (Lipinski definition) is 0. The maximum absolute atomic E-state index is 6.39. The highest BCUT2D eigenvalue weighted by Gasteiger charge is 2.18. The molecule has 0 aliphatic rings. The normalized spacial score (nSPS) is 12.7. The fraction of sp³-hybridized carbons (Fsp3) is 0.438. The SMILES string of the molecule is CCC(Cl)c1c(C)nn(Cc2ccc(C)cc2Cl)c1C. The molecule has 2 aromatic rings. The van der Waals surface area contributed by atoms with Crippen molar-refractivity contribution >= 4 is 23.2 Å². The highest BCUT2D eigenvalue weighted by atomic mass is 35.5. The fourth-order valence-corrected chi connectivity index (χ4v) is 3.07. The van der Waals surface area contributed by atoms with Gasteiger partial charge in [-0.05, 0) is 44.4 Å². The number of aromatic nitrogens is 2. The molecule has 1 unspecified atom stereocenters. The highest BCUT2D eigenvalue weighted by Crippen LogP contribution is 2.30. The molecule has 0 saturated carbocycles. The molecule has 1 atom stereocenters. The van der Waals surface area contributed by atoms with Crippen LogP contribution in [0.1, 0.15) is 46.8 Å². The highest BCUT2D eigenvalue weighted by molar-refractivity contribution is 6.31. The molecule has 0 saturated heterocycles. The van der Waals surface area contributed by atoms with E-state index in [2.05, 4.69) is 31.1 Å². The third-order valence-corrected chi connectivity index (χ3v) is 4.52. The van der Waals surface area contributed by atoms with Gasteiger partial charge >= 0.3 is 0 Å². The molecule has 4 heteroatoms. The predicted molar refractivity (Wildman–Crippen MR) is 85.9 cm³/mol. The first kappa shape index (κ1) is 15.4. The second-order valence-electron chi connectivity index (χ2n) is 5.21. The number of halogens is 2. The second kappa shape index (κ2) is 6.19. The summed E-state index contributed by atoms with van der Waals surface area (Å²) in [6, 6.07) is 6.12. The molecule has 1 heterocycles. The minimum atomic E-state index is 0.0252. The standard InChI is InChI=1S/C16H20Cl2N2/c1-5-14(17)16-11(3)19-20(12(16)4)9-13-7-6-10(2)8-15(13)18/h6-8,14H,5,9H2,1-4H3. The van der Waals surface area contributed by atoms with E-state index in [1.165, 1.54) is 5.56 Å². The average Bonchev–Trinajstić information content (AvgIpc) is 2.67. The largest absolute Gasteiger partial charge is 0.265 e. The lowest BCUT2D eigenvalue weighted by molar-refractivity contribution is 0.657. The van der Waals surface area contributed by atoms with Gasteiger partial charge in [0.1, 0.15) is 0 Å². The fourth-order valence-electron chi connectivity index (χ4n) is 2.46. The zero-order valence-electron chi connectivity index (χ0n) is 12.4. The van der Waals surface area contributed by atoms with Gasteiger partial charge in [-0.2, -0.15) is 5.10 Å². The van der Waals surface area contributed by atoms with Gasteiger partial charge in [-0.3, -0.25) is 4.68 Å². The lowest BCUT2D eigenvalue weighted by Crippen LogP contribution is -2.05. The number of hydrogen-bond acceptors (Lipinski definition) is 1. The van der Waals surface area contributed by atoms with E-state index in [1.54, 1.807) is 0 Å². The van der Waals surface area contributed by atoms with E-state index < -0.39 is 0 Å². The van der Waals surface area contributed by atoms with Crippen LogP contribution in [0.25, 0.3) is 0 Å². The van der Waals surface area contributed by atoms with Gasteiger partial charge < -0.3 is 0 Å². The summed E-state index contributed by atoms with van der Waals surface area (Å²) < 4.78 is 1.99. The molecule has 0 N–H and O–H groups in total. The summed E-state index contributed by atoms with van der Waals surface area (Å²) in [4.78, 5) is 0. The van der Waals surface area contributed by atoms with Crippen molar-refractivity contribution in [3.8, 4) is 0 Å². The van der Waals surface area contributed by atoms with E-state index in [4.69, 9.17) is 23.2 Å². The smallest absolute Gasteiger partial charge is 0.0677 e. The second-order valence-corrected chi connectivity index (χ2v) is 6.15. The van der Waals surface area contributed by atoms with Crippen LogP contribution in [-0.4, -0.2) is 9.78 Å². The van der Waals surface area contributed by atoms with Crippen molar-refractivity contribution in [3.05, 3.63) is 51.3 Å². The first-order chi connectivity index (χ1) is 9.43. The number of nitrogens with zero attached hydrogens (tertiary/aromatic N) is 2. The van der Waals surface area contributed by atoms with Gasteiger partial charge in [-0.1, -0.05) is 30.7 Å². The van der Waals surface area contributed by atoms with E-state index in [-0.39, 0.29) is 5.38 Å². The number of aryl methyl sites for hydroxylation is 2.